The fraction of sp³-hybridized carbons (Fsp3) is 0. The van der Waals surface area contributed by atoms with Gasteiger partial charge in [0, 0.05) is 0 Å². The maximum Gasteiger partial charge on any atom is 0.338 e. The van der Waals surface area contributed by atoms with Crippen molar-refractivity contribution >= 4 is 17.5 Å². The largest absolute Gasteiger partial charge is 0.478 e. The summed E-state index contributed by atoms with van der Waals surface area (Å²) >= 11 is 1.11. The molecule has 0 aliphatic heterocycles. The highest BCUT2D eigenvalue weighted by Crippen LogP contribution is 2.28. The number of rotatable bonds is 2. The zero-order chi connectivity index (χ0) is 11.5. The van der Waals surface area contributed by atoms with Gasteiger partial charge in [-0.05, 0) is 29.2 Å². The smallest absolute Gasteiger partial charge is 0.338 e. The molecule has 0 aliphatic rings. The second-order valence-electron chi connectivity index (χ2n) is 3.07. The topological polar surface area (TPSA) is 74.0 Å². The van der Waals surface area contributed by atoms with Gasteiger partial charge in [-0.3, -0.25) is 0 Å². The predicted molar refractivity (Wildman–Crippen MR) is 59.2 cm³/mol. The van der Waals surface area contributed by atoms with Crippen molar-refractivity contribution in [1.29, 1.82) is 5.26 Å². The molecule has 1 heterocycles. The highest BCUT2D eigenvalue weighted by Gasteiger charge is 2.14. The first-order valence-corrected chi connectivity index (χ1v) is 5.18. The first-order chi connectivity index (χ1) is 7.72. The average Bonchev–Trinajstić information content (AvgIpc) is 2.78. The Morgan fingerprint density at radius 2 is 2.31 bits per heavy atom. The van der Waals surface area contributed by atoms with Gasteiger partial charge in [0.05, 0.1) is 28.3 Å². The lowest BCUT2D eigenvalue weighted by molar-refractivity contribution is 0.0698. The van der Waals surface area contributed by atoms with E-state index < -0.39 is 5.97 Å². The summed E-state index contributed by atoms with van der Waals surface area (Å²) in [6, 6.07) is 8.83. The molecule has 0 spiro atoms. The molecule has 0 fully saturated rings. The van der Waals surface area contributed by atoms with Crippen LogP contribution >= 0.6 is 11.5 Å². The van der Waals surface area contributed by atoms with E-state index in [1.807, 2.05) is 6.07 Å². The molecule has 0 saturated carbocycles. The summed E-state index contributed by atoms with van der Waals surface area (Å²) in [7, 11) is 0. The summed E-state index contributed by atoms with van der Waals surface area (Å²) in [5.74, 6) is -1.01. The minimum atomic E-state index is -1.01. The molecule has 1 N–H and O–H groups in total. The van der Waals surface area contributed by atoms with Crippen molar-refractivity contribution in [3.63, 3.8) is 0 Å². The Bertz CT molecular complexity index is 584. The minimum Gasteiger partial charge on any atom is -0.478 e. The standard InChI is InChI=1S/C11H6N2O2S/c12-5-7-2-1-3-8(4-7)10-9(11(14)15)6-13-16-10/h1-4,6H,(H,14,15). The summed E-state index contributed by atoms with van der Waals surface area (Å²) < 4.78 is 3.85. The highest BCUT2D eigenvalue weighted by molar-refractivity contribution is 7.10. The van der Waals surface area contributed by atoms with Crippen molar-refractivity contribution in [3.8, 4) is 16.5 Å². The number of nitriles is 1. The Morgan fingerprint density at radius 3 is 3.00 bits per heavy atom. The number of aromatic nitrogens is 1. The number of hydrogen-bond acceptors (Lipinski definition) is 4. The molecule has 4 nitrogen and oxygen atoms in total. The molecule has 0 unspecified atom stereocenters. The van der Waals surface area contributed by atoms with E-state index in [9.17, 15) is 4.79 Å². The Balaban J connectivity index is 2.55. The van der Waals surface area contributed by atoms with E-state index in [0.717, 1.165) is 11.5 Å². The van der Waals surface area contributed by atoms with Gasteiger partial charge in [0.1, 0.15) is 0 Å². The third kappa shape index (κ3) is 1.78. The quantitative estimate of drug-likeness (QED) is 0.859. The normalized spacial score (nSPS) is 9.69. The van der Waals surface area contributed by atoms with Gasteiger partial charge in [0.2, 0.25) is 0 Å². The van der Waals surface area contributed by atoms with Crippen molar-refractivity contribution in [2.45, 2.75) is 0 Å². The zero-order valence-electron chi connectivity index (χ0n) is 8.04. The molecular formula is C11H6N2O2S. The average molecular weight is 230 g/mol. The van der Waals surface area contributed by atoms with Crippen LogP contribution in [0.4, 0.5) is 0 Å². The van der Waals surface area contributed by atoms with E-state index in [1.165, 1.54) is 6.20 Å². The lowest BCUT2D eigenvalue weighted by Gasteiger charge is -1.99. The van der Waals surface area contributed by atoms with Crippen LogP contribution in [-0.2, 0) is 0 Å². The van der Waals surface area contributed by atoms with E-state index in [4.69, 9.17) is 10.4 Å². The predicted octanol–water partition coefficient (Wildman–Crippen LogP) is 2.38. The van der Waals surface area contributed by atoms with Crippen LogP contribution in [0.15, 0.2) is 30.5 Å². The minimum absolute atomic E-state index is 0.167. The Kier molecular flexibility index (Phi) is 2.66. The summed E-state index contributed by atoms with van der Waals surface area (Å²) in [5, 5.41) is 17.7. The Labute approximate surface area is 95.6 Å². The summed E-state index contributed by atoms with van der Waals surface area (Å²) in [5.41, 5.74) is 1.38. The van der Waals surface area contributed by atoms with Gasteiger partial charge in [-0.2, -0.15) is 9.64 Å². The van der Waals surface area contributed by atoms with E-state index in [1.54, 1.807) is 24.3 Å². The first-order valence-electron chi connectivity index (χ1n) is 4.41. The van der Waals surface area contributed by atoms with Gasteiger partial charge in [0.25, 0.3) is 0 Å². The van der Waals surface area contributed by atoms with Gasteiger partial charge >= 0.3 is 5.97 Å². The fourth-order valence-corrected chi connectivity index (χ4v) is 2.06. The molecule has 78 valence electrons. The van der Waals surface area contributed by atoms with E-state index in [2.05, 4.69) is 4.37 Å². The number of benzene rings is 1. The van der Waals surface area contributed by atoms with Crippen molar-refractivity contribution in [2.24, 2.45) is 0 Å². The molecule has 0 radical (unpaired) electrons. The SMILES string of the molecule is N#Cc1cccc(-c2sncc2C(=O)O)c1. The Hall–Kier alpha value is -2.19. The van der Waals surface area contributed by atoms with Crippen LogP contribution < -0.4 is 0 Å². The van der Waals surface area contributed by atoms with Crippen LogP contribution in [0.1, 0.15) is 15.9 Å². The molecule has 0 amide bonds. The summed E-state index contributed by atoms with van der Waals surface area (Å²) in [6.07, 6.45) is 1.32. The second-order valence-corrected chi connectivity index (χ2v) is 3.87. The maximum absolute atomic E-state index is 10.9. The number of carbonyl (C=O) groups is 1. The van der Waals surface area contributed by atoms with Gasteiger partial charge < -0.3 is 5.11 Å². The first kappa shape index (κ1) is 10.3. The monoisotopic (exact) mass is 230 g/mol. The van der Waals surface area contributed by atoms with Crippen molar-refractivity contribution in [2.75, 3.05) is 0 Å². The van der Waals surface area contributed by atoms with Crippen LogP contribution in [0.5, 0.6) is 0 Å². The van der Waals surface area contributed by atoms with Crippen LogP contribution in [0, 0.1) is 11.3 Å². The number of carboxylic acid groups (broad SMARTS) is 1. The van der Waals surface area contributed by atoms with Gasteiger partial charge in [-0.15, -0.1) is 0 Å². The van der Waals surface area contributed by atoms with Crippen LogP contribution in [0.3, 0.4) is 0 Å². The van der Waals surface area contributed by atoms with Crippen molar-refractivity contribution in [1.82, 2.24) is 4.37 Å². The summed E-state index contributed by atoms with van der Waals surface area (Å²) in [6.45, 7) is 0. The molecule has 0 aliphatic carbocycles. The number of carboxylic acids is 1. The molecule has 1 aromatic heterocycles. The number of hydrogen-bond donors (Lipinski definition) is 1. The second kappa shape index (κ2) is 4.13. The molecule has 2 rings (SSSR count). The van der Waals surface area contributed by atoms with Crippen molar-refractivity contribution in [3.05, 3.63) is 41.6 Å². The molecule has 0 bridgehead atoms. The molecule has 1 aromatic carbocycles. The maximum atomic E-state index is 10.9. The summed E-state index contributed by atoms with van der Waals surface area (Å²) in [4.78, 5) is 11.5. The molecule has 5 heteroatoms. The lowest BCUT2D eigenvalue weighted by atomic mass is 10.1. The number of aromatic carboxylic acids is 1. The van der Waals surface area contributed by atoms with Crippen LogP contribution in [-0.4, -0.2) is 15.4 Å². The third-order valence-corrected chi connectivity index (χ3v) is 2.90. The molecule has 16 heavy (non-hydrogen) atoms. The molecule has 0 saturated heterocycles. The van der Waals surface area contributed by atoms with Crippen LogP contribution in [0.2, 0.25) is 0 Å². The lowest BCUT2D eigenvalue weighted by Crippen LogP contribution is -1.95. The molecule has 0 atom stereocenters. The highest BCUT2D eigenvalue weighted by atomic mass is 32.1. The number of nitrogens with zero attached hydrogens (tertiary/aromatic N) is 2. The molecule has 2 aromatic rings. The third-order valence-electron chi connectivity index (χ3n) is 2.05. The fourth-order valence-electron chi connectivity index (χ4n) is 1.33. The zero-order valence-corrected chi connectivity index (χ0v) is 8.86. The van der Waals surface area contributed by atoms with Gasteiger partial charge in [-0.1, -0.05) is 12.1 Å². The van der Waals surface area contributed by atoms with Gasteiger partial charge in [0.15, 0.2) is 0 Å². The van der Waals surface area contributed by atoms with Crippen LogP contribution in [0.25, 0.3) is 10.4 Å². The van der Waals surface area contributed by atoms with E-state index in [0.29, 0.717) is 16.0 Å². The van der Waals surface area contributed by atoms with E-state index >= 15 is 0 Å². The van der Waals surface area contributed by atoms with E-state index in [-0.39, 0.29) is 5.56 Å². The Morgan fingerprint density at radius 1 is 1.50 bits per heavy atom. The van der Waals surface area contributed by atoms with Crippen molar-refractivity contribution < 1.29 is 9.90 Å². The van der Waals surface area contributed by atoms with Gasteiger partial charge in [-0.25, -0.2) is 4.79 Å². The molecular weight excluding hydrogens is 224 g/mol.